The Kier molecular flexibility index (Phi) is 5.13. The number of carbonyl (C=O) groups is 2. The van der Waals surface area contributed by atoms with E-state index in [0.29, 0.717) is 0 Å². The van der Waals surface area contributed by atoms with E-state index in [-0.39, 0.29) is 12.5 Å². The highest BCUT2D eigenvalue weighted by Crippen LogP contribution is 2.15. The summed E-state index contributed by atoms with van der Waals surface area (Å²) in [4.78, 5) is 22.2. The Morgan fingerprint density at radius 2 is 1.80 bits per heavy atom. The number of carboxylic acids is 1. The highest BCUT2D eigenvalue weighted by atomic mass is 16.6. The van der Waals surface area contributed by atoms with Gasteiger partial charge in [0.05, 0.1) is 12.5 Å². The van der Waals surface area contributed by atoms with Crippen LogP contribution < -0.4 is 5.32 Å². The van der Waals surface area contributed by atoms with Crippen LogP contribution in [0.15, 0.2) is 24.3 Å². The number of ether oxygens (including phenoxy) is 1. The van der Waals surface area contributed by atoms with Gasteiger partial charge in [-0.05, 0) is 38.8 Å². The van der Waals surface area contributed by atoms with Gasteiger partial charge in [-0.25, -0.2) is 4.79 Å². The van der Waals surface area contributed by atoms with Crippen LogP contribution in [0.25, 0.3) is 0 Å². The van der Waals surface area contributed by atoms with Gasteiger partial charge in [0.25, 0.3) is 0 Å². The molecule has 1 aromatic carbocycles. The molecule has 5 heteroatoms. The van der Waals surface area contributed by atoms with Gasteiger partial charge in [0, 0.05) is 0 Å². The number of amides is 1. The number of alkyl carbamates (subject to hydrolysis) is 1. The topological polar surface area (TPSA) is 75.6 Å². The van der Waals surface area contributed by atoms with Gasteiger partial charge in [0.15, 0.2) is 0 Å². The van der Waals surface area contributed by atoms with Gasteiger partial charge in [-0.1, -0.05) is 24.3 Å². The summed E-state index contributed by atoms with van der Waals surface area (Å²) in [7, 11) is 0. The summed E-state index contributed by atoms with van der Waals surface area (Å²) in [5.41, 5.74) is 1.09. The van der Waals surface area contributed by atoms with Crippen molar-refractivity contribution in [3.8, 4) is 0 Å². The molecule has 2 N–H and O–H groups in total. The van der Waals surface area contributed by atoms with Crippen molar-refractivity contribution in [1.82, 2.24) is 5.32 Å². The van der Waals surface area contributed by atoms with E-state index in [1.807, 2.05) is 6.92 Å². The molecule has 0 radical (unpaired) electrons. The van der Waals surface area contributed by atoms with Crippen LogP contribution in [-0.4, -0.2) is 22.8 Å². The van der Waals surface area contributed by atoms with E-state index in [2.05, 4.69) is 5.32 Å². The zero-order valence-electron chi connectivity index (χ0n) is 12.3. The molecular weight excluding hydrogens is 258 g/mol. The molecule has 1 atom stereocenters. The summed E-state index contributed by atoms with van der Waals surface area (Å²) in [6, 6.07) is 6.90. The van der Waals surface area contributed by atoms with Crippen LogP contribution in [0.4, 0.5) is 4.79 Å². The Balaban J connectivity index is 2.61. The van der Waals surface area contributed by atoms with Crippen molar-refractivity contribution in [3.63, 3.8) is 0 Å². The molecule has 1 unspecified atom stereocenters. The maximum absolute atomic E-state index is 11.6. The SMILES string of the molecule is CC(NC(=O)OC(C)(C)C)c1ccc(CC(=O)O)cc1. The number of rotatable bonds is 4. The summed E-state index contributed by atoms with van der Waals surface area (Å²) in [6.45, 7) is 7.25. The molecule has 1 aromatic rings. The van der Waals surface area contributed by atoms with Crippen LogP contribution in [0.2, 0.25) is 0 Å². The lowest BCUT2D eigenvalue weighted by Gasteiger charge is -2.22. The molecule has 0 aliphatic heterocycles. The lowest BCUT2D eigenvalue weighted by Crippen LogP contribution is -2.34. The fraction of sp³-hybridized carbons (Fsp3) is 0.467. The van der Waals surface area contributed by atoms with Crippen molar-refractivity contribution in [2.75, 3.05) is 0 Å². The van der Waals surface area contributed by atoms with Crippen LogP contribution >= 0.6 is 0 Å². The Morgan fingerprint density at radius 3 is 2.25 bits per heavy atom. The van der Waals surface area contributed by atoms with E-state index >= 15 is 0 Å². The van der Waals surface area contributed by atoms with Crippen LogP contribution in [0.1, 0.15) is 44.9 Å². The van der Waals surface area contributed by atoms with Gasteiger partial charge in [-0.15, -0.1) is 0 Å². The first kappa shape index (κ1) is 16.0. The van der Waals surface area contributed by atoms with Crippen molar-refractivity contribution < 1.29 is 19.4 Å². The number of carboxylic acid groups (broad SMARTS) is 1. The van der Waals surface area contributed by atoms with Gasteiger partial charge in [-0.3, -0.25) is 4.79 Å². The number of hydrogen-bond acceptors (Lipinski definition) is 3. The summed E-state index contributed by atoms with van der Waals surface area (Å²) >= 11 is 0. The maximum atomic E-state index is 11.6. The Morgan fingerprint density at radius 1 is 1.25 bits per heavy atom. The zero-order valence-corrected chi connectivity index (χ0v) is 12.3. The molecule has 0 aliphatic rings. The van der Waals surface area contributed by atoms with Crippen LogP contribution in [0, 0.1) is 0 Å². The summed E-state index contributed by atoms with van der Waals surface area (Å²) < 4.78 is 5.18. The normalized spacial score (nSPS) is 12.6. The molecule has 1 rings (SSSR count). The highest BCUT2D eigenvalue weighted by Gasteiger charge is 2.18. The first-order valence-electron chi connectivity index (χ1n) is 6.47. The molecule has 0 aliphatic carbocycles. The fourth-order valence-corrected chi connectivity index (χ4v) is 1.67. The van der Waals surface area contributed by atoms with E-state index in [4.69, 9.17) is 9.84 Å². The quantitative estimate of drug-likeness (QED) is 0.888. The minimum atomic E-state index is -0.863. The Hall–Kier alpha value is -2.04. The van der Waals surface area contributed by atoms with Crippen molar-refractivity contribution in [1.29, 1.82) is 0 Å². The molecule has 0 spiro atoms. The third-order valence-corrected chi connectivity index (χ3v) is 2.57. The molecule has 0 fully saturated rings. The minimum Gasteiger partial charge on any atom is -0.481 e. The first-order valence-corrected chi connectivity index (χ1v) is 6.47. The molecule has 0 saturated heterocycles. The first-order chi connectivity index (χ1) is 9.17. The number of aliphatic carboxylic acids is 1. The molecular formula is C15H21NO4. The Bertz CT molecular complexity index is 474. The van der Waals surface area contributed by atoms with Crippen LogP contribution in [0.5, 0.6) is 0 Å². The third kappa shape index (κ3) is 5.73. The second-order valence-corrected chi connectivity index (χ2v) is 5.68. The van der Waals surface area contributed by atoms with Gasteiger partial charge in [-0.2, -0.15) is 0 Å². The third-order valence-electron chi connectivity index (χ3n) is 2.57. The highest BCUT2D eigenvalue weighted by molar-refractivity contribution is 5.70. The number of carbonyl (C=O) groups excluding carboxylic acids is 1. The summed E-state index contributed by atoms with van der Waals surface area (Å²) in [5, 5.41) is 11.4. The van der Waals surface area contributed by atoms with Crippen molar-refractivity contribution in [3.05, 3.63) is 35.4 Å². The average molecular weight is 279 g/mol. The van der Waals surface area contributed by atoms with Crippen molar-refractivity contribution >= 4 is 12.1 Å². The van der Waals surface area contributed by atoms with Crippen LogP contribution in [-0.2, 0) is 16.0 Å². The second-order valence-electron chi connectivity index (χ2n) is 5.68. The fourth-order valence-electron chi connectivity index (χ4n) is 1.67. The zero-order chi connectivity index (χ0) is 15.3. The molecule has 20 heavy (non-hydrogen) atoms. The number of hydrogen-bond donors (Lipinski definition) is 2. The molecule has 0 saturated carbocycles. The average Bonchev–Trinajstić information content (AvgIpc) is 2.26. The van der Waals surface area contributed by atoms with Gasteiger partial charge < -0.3 is 15.2 Å². The van der Waals surface area contributed by atoms with E-state index in [1.165, 1.54) is 0 Å². The van der Waals surface area contributed by atoms with E-state index in [0.717, 1.165) is 11.1 Å². The van der Waals surface area contributed by atoms with E-state index in [9.17, 15) is 9.59 Å². The molecule has 1 amide bonds. The predicted octanol–water partition coefficient (Wildman–Crippen LogP) is 2.90. The molecule has 0 aromatic heterocycles. The van der Waals surface area contributed by atoms with Crippen molar-refractivity contribution in [2.24, 2.45) is 0 Å². The van der Waals surface area contributed by atoms with Crippen molar-refractivity contribution in [2.45, 2.75) is 45.8 Å². The van der Waals surface area contributed by atoms with Gasteiger partial charge in [0.2, 0.25) is 0 Å². The van der Waals surface area contributed by atoms with E-state index in [1.54, 1.807) is 45.0 Å². The lowest BCUT2D eigenvalue weighted by atomic mass is 10.0. The Labute approximate surface area is 118 Å². The second kappa shape index (κ2) is 6.41. The lowest BCUT2D eigenvalue weighted by molar-refractivity contribution is -0.136. The van der Waals surface area contributed by atoms with Crippen LogP contribution in [0.3, 0.4) is 0 Å². The molecule has 110 valence electrons. The largest absolute Gasteiger partial charge is 0.481 e. The summed E-state index contributed by atoms with van der Waals surface area (Å²) in [6.07, 6.45) is -0.478. The molecule has 5 nitrogen and oxygen atoms in total. The number of nitrogens with one attached hydrogen (secondary N) is 1. The summed E-state index contributed by atoms with van der Waals surface area (Å²) in [5.74, 6) is -0.863. The molecule has 0 bridgehead atoms. The van der Waals surface area contributed by atoms with Gasteiger partial charge >= 0.3 is 12.1 Å². The van der Waals surface area contributed by atoms with Gasteiger partial charge in [0.1, 0.15) is 5.60 Å². The van der Waals surface area contributed by atoms with E-state index < -0.39 is 17.7 Å². The smallest absolute Gasteiger partial charge is 0.408 e. The molecule has 0 heterocycles. The monoisotopic (exact) mass is 279 g/mol. The standard InChI is InChI=1S/C15H21NO4/c1-10(16-14(19)20-15(2,3)4)12-7-5-11(6-8-12)9-13(17)18/h5-8,10H,9H2,1-4H3,(H,16,19)(H,17,18). The predicted molar refractivity (Wildman–Crippen MR) is 75.6 cm³/mol. The minimum absolute atomic E-state index is 0.00580. The maximum Gasteiger partial charge on any atom is 0.408 e. The number of benzene rings is 1.